The van der Waals surface area contributed by atoms with Crippen LogP contribution in [-0.4, -0.2) is 33.9 Å². The van der Waals surface area contributed by atoms with Crippen LogP contribution in [0.4, 0.5) is 5.69 Å². The van der Waals surface area contributed by atoms with Crippen LogP contribution in [0.1, 0.15) is 19.4 Å². The maximum atomic E-state index is 5.24. The summed E-state index contributed by atoms with van der Waals surface area (Å²) in [6.45, 7) is 8.08. The van der Waals surface area contributed by atoms with Gasteiger partial charge in [0, 0.05) is 36.9 Å². The van der Waals surface area contributed by atoms with Crippen molar-refractivity contribution in [3.8, 4) is 0 Å². The van der Waals surface area contributed by atoms with E-state index in [1.54, 1.807) is 7.11 Å². The van der Waals surface area contributed by atoms with Crippen LogP contribution < -0.4 is 10.2 Å². The molecule has 0 radical (unpaired) electrons. The lowest BCUT2D eigenvalue weighted by molar-refractivity contribution is 0.204. The molecule has 0 bridgehead atoms. The van der Waals surface area contributed by atoms with Crippen molar-refractivity contribution in [3.63, 3.8) is 0 Å². The van der Waals surface area contributed by atoms with Gasteiger partial charge in [0.15, 0.2) is 0 Å². The first-order chi connectivity index (χ1) is 9.08. The van der Waals surface area contributed by atoms with E-state index in [1.807, 2.05) is 7.05 Å². The van der Waals surface area contributed by atoms with E-state index in [-0.39, 0.29) is 0 Å². The number of hydrogen-bond acceptors (Lipinski definition) is 3. The molecule has 0 saturated heterocycles. The number of ether oxygens (including phenoxy) is 1. The fourth-order valence-electron chi connectivity index (χ4n) is 2.12. The Kier molecular flexibility index (Phi) is 7.42. The highest BCUT2D eigenvalue weighted by Crippen LogP contribution is 2.26. The number of halogens is 1. The van der Waals surface area contributed by atoms with Crippen molar-refractivity contribution in [2.75, 3.05) is 38.8 Å². The Morgan fingerprint density at radius 1 is 1.37 bits per heavy atom. The highest BCUT2D eigenvalue weighted by molar-refractivity contribution is 9.10. The van der Waals surface area contributed by atoms with Crippen LogP contribution in [0.3, 0.4) is 0 Å². The van der Waals surface area contributed by atoms with Gasteiger partial charge in [-0.05, 0) is 30.7 Å². The number of hydrogen-bond donors (Lipinski definition) is 1. The van der Waals surface area contributed by atoms with Crippen molar-refractivity contribution < 1.29 is 4.74 Å². The third-order valence-electron chi connectivity index (χ3n) is 2.91. The Hall–Kier alpha value is -0.580. The van der Waals surface area contributed by atoms with E-state index >= 15 is 0 Å². The summed E-state index contributed by atoms with van der Waals surface area (Å²) in [5, 5.41) is 3.23. The van der Waals surface area contributed by atoms with E-state index in [4.69, 9.17) is 4.74 Å². The van der Waals surface area contributed by atoms with Crippen molar-refractivity contribution in [1.29, 1.82) is 0 Å². The van der Waals surface area contributed by atoms with E-state index in [0.717, 1.165) is 30.7 Å². The Labute approximate surface area is 125 Å². The maximum absolute atomic E-state index is 5.24. The van der Waals surface area contributed by atoms with Gasteiger partial charge in [-0.1, -0.05) is 35.8 Å². The molecule has 0 fully saturated rings. The minimum atomic E-state index is 0.623. The van der Waals surface area contributed by atoms with Crippen LogP contribution in [0.15, 0.2) is 22.7 Å². The summed E-state index contributed by atoms with van der Waals surface area (Å²) >= 11 is 3.57. The molecule has 0 heterocycles. The standard InChI is InChI=1S/C15H25BrN2O/c1-12(2)11-18(7-8-19-4)15-9-14(16)6-5-13(15)10-17-3/h5-6,9,12,17H,7-8,10-11H2,1-4H3. The number of nitrogens with one attached hydrogen (secondary N) is 1. The highest BCUT2D eigenvalue weighted by atomic mass is 79.9. The van der Waals surface area contributed by atoms with Crippen molar-refractivity contribution in [2.45, 2.75) is 20.4 Å². The highest BCUT2D eigenvalue weighted by Gasteiger charge is 2.13. The quantitative estimate of drug-likeness (QED) is 0.792. The third kappa shape index (κ3) is 5.51. The minimum Gasteiger partial charge on any atom is -0.383 e. The molecular formula is C15H25BrN2O. The van der Waals surface area contributed by atoms with Gasteiger partial charge < -0.3 is 15.0 Å². The van der Waals surface area contributed by atoms with Crippen LogP contribution in [0.2, 0.25) is 0 Å². The van der Waals surface area contributed by atoms with Crippen LogP contribution >= 0.6 is 15.9 Å². The van der Waals surface area contributed by atoms with Gasteiger partial charge in [0.05, 0.1) is 6.61 Å². The Morgan fingerprint density at radius 3 is 2.68 bits per heavy atom. The molecule has 1 aromatic carbocycles. The summed E-state index contributed by atoms with van der Waals surface area (Å²) in [5.74, 6) is 0.623. The second-order valence-corrected chi connectivity index (χ2v) is 6.05. The lowest BCUT2D eigenvalue weighted by atomic mass is 10.1. The Bertz CT molecular complexity index is 382. The van der Waals surface area contributed by atoms with Gasteiger partial charge in [-0.2, -0.15) is 0 Å². The Morgan fingerprint density at radius 2 is 2.11 bits per heavy atom. The van der Waals surface area contributed by atoms with Crippen molar-refractivity contribution >= 4 is 21.6 Å². The number of methoxy groups -OCH3 is 1. The lowest BCUT2D eigenvalue weighted by Gasteiger charge is -2.29. The summed E-state index contributed by atoms with van der Waals surface area (Å²) < 4.78 is 6.36. The number of rotatable bonds is 8. The predicted molar refractivity (Wildman–Crippen MR) is 85.8 cm³/mol. The molecule has 0 amide bonds. The number of nitrogens with zero attached hydrogens (tertiary/aromatic N) is 1. The average Bonchev–Trinajstić information content (AvgIpc) is 2.36. The van der Waals surface area contributed by atoms with Gasteiger partial charge in [-0.25, -0.2) is 0 Å². The van der Waals surface area contributed by atoms with Gasteiger partial charge in [0.25, 0.3) is 0 Å². The third-order valence-corrected chi connectivity index (χ3v) is 3.40. The molecule has 19 heavy (non-hydrogen) atoms. The smallest absolute Gasteiger partial charge is 0.0637 e. The van der Waals surface area contributed by atoms with Gasteiger partial charge in [0.2, 0.25) is 0 Å². The minimum absolute atomic E-state index is 0.623. The molecule has 108 valence electrons. The summed E-state index contributed by atoms with van der Waals surface area (Å²) in [7, 11) is 3.73. The molecule has 1 N–H and O–H groups in total. The van der Waals surface area contributed by atoms with Gasteiger partial charge in [-0.15, -0.1) is 0 Å². The van der Waals surface area contributed by atoms with E-state index in [1.165, 1.54) is 11.3 Å². The van der Waals surface area contributed by atoms with Crippen molar-refractivity contribution in [2.24, 2.45) is 5.92 Å². The van der Waals surface area contributed by atoms with Crippen molar-refractivity contribution in [3.05, 3.63) is 28.2 Å². The van der Waals surface area contributed by atoms with Crippen LogP contribution in [0.5, 0.6) is 0 Å². The molecule has 0 atom stereocenters. The first-order valence-electron chi connectivity index (χ1n) is 6.75. The fourth-order valence-corrected chi connectivity index (χ4v) is 2.47. The Balaban J connectivity index is 3.00. The molecular weight excluding hydrogens is 304 g/mol. The zero-order valence-corrected chi connectivity index (χ0v) is 14.0. The summed E-state index contributed by atoms with van der Waals surface area (Å²) in [4.78, 5) is 2.41. The van der Waals surface area contributed by atoms with E-state index in [0.29, 0.717) is 5.92 Å². The van der Waals surface area contributed by atoms with E-state index in [2.05, 4.69) is 58.2 Å². The molecule has 0 unspecified atom stereocenters. The molecule has 0 aliphatic rings. The summed E-state index contributed by atoms with van der Waals surface area (Å²) in [6.07, 6.45) is 0. The molecule has 1 rings (SSSR count). The molecule has 4 heteroatoms. The topological polar surface area (TPSA) is 24.5 Å². The predicted octanol–water partition coefficient (Wildman–Crippen LogP) is 3.28. The lowest BCUT2D eigenvalue weighted by Crippen LogP contribution is -2.32. The molecule has 3 nitrogen and oxygen atoms in total. The van der Waals surface area contributed by atoms with Crippen LogP contribution in [-0.2, 0) is 11.3 Å². The number of anilines is 1. The summed E-state index contributed by atoms with van der Waals surface area (Å²) in [5.41, 5.74) is 2.61. The molecule has 0 aromatic heterocycles. The maximum Gasteiger partial charge on any atom is 0.0637 e. The zero-order chi connectivity index (χ0) is 14.3. The average molecular weight is 329 g/mol. The van der Waals surface area contributed by atoms with Crippen LogP contribution in [0, 0.1) is 5.92 Å². The monoisotopic (exact) mass is 328 g/mol. The van der Waals surface area contributed by atoms with Gasteiger partial charge in [0.1, 0.15) is 0 Å². The second kappa shape index (κ2) is 8.56. The SMILES string of the molecule is CNCc1ccc(Br)cc1N(CCOC)CC(C)C. The van der Waals surface area contributed by atoms with Crippen molar-refractivity contribution in [1.82, 2.24) is 5.32 Å². The van der Waals surface area contributed by atoms with Crippen LogP contribution in [0.25, 0.3) is 0 Å². The molecule has 0 saturated carbocycles. The van der Waals surface area contributed by atoms with E-state index < -0.39 is 0 Å². The number of benzene rings is 1. The van der Waals surface area contributed by atoms with Gasteiger partial charge in [-0.3, -0.25) is 0 Å². The zero-order valence-electron chi connectivity index (χ0n) is 12.4. The molecule has 0 aliphatic carbocycles. The largest absolute Gasteiger partial charge is 0.383 e. The second-order valence-electron chi connectivity index (χ2n) is 5.14. The molecule has 0 aliphatic heterocycles. The first-order valence-corrected chi connectivity index (χ1v) is 7.54. The molecule has 0 spiro atoms. The van der Waals surface area contributed by atoms with E-state index in [9.17, 15) is 0 Å². The molecule has 1 aromatic rings. The van der Waals surface area contributed by atoms with Gasteiger partial charge >= 0.3 is 0 Å². The fraction of sp³-hybridized carbons (Fsp3) is 0.600. The normalized spacial score (nSPS) is 11.1. The first kappa shape index (κ1) is 16.5. The summed E-state index contributed by atoms with van der Waals surface area (Å²) in [6, 6.07) is 6.47.